The summed E-state index contributed by atoms with van der Waals surface area (Å²) < 4.78 is 29.0. The average Bonchev–Trinajstić information content (AvgIpc) is 1.48. The molecule has 16 atom stereocenters. The van der Waals surface area contributed by atoms with Crippen LogP contribution in [0.5, 0.6) is 17.2 Å². The van der Waals surface area contributed by atoms with Crippen molar-refractivity contribution in [3.8, 4) is 17.2 Å². The fraction of sp³-hybridized carbons (Fsp3) is 0.571. The topological polar surface area (TPSA) is 502 Å². The number of likely N-dealkylation sites (N-methyl/N-ethyl adjacent to an activating group) is 2. The Labute approximate surface area is 684 Å². The van der Waals surface area contributed by atoms with E-state index >= 15 is 9.59 Å². The lowest BCUT2D eigenvalue weighted by Crippen LogP contribution is -2.82. The minimum Gasteiger partial charge on any atom is -0.505 e. The molecule has 0 radical (unpaired) electrons. The third-order valence-corrected chi connectivity index (χ3v) is 29.8. The van der Waals surface area contributed by atoms with E-state index in [1.165, 1.54) is 50.0 Å². The fourth-order valence-corrected chi connectivity index (χ4v) is 23.8. The van der Waals surface area contributed by atoms with Gasteiger partial charge in [-0.15, -0.1) is 0 Å². The highest BCUT2D eigenvalue weighted by atomic mass is 33.1. The highest BCUT2D eigenvalue weighted by molar-refractivity contribution is 8.77. The van der Waals surface area contributed by atoms with Gasteiger partial charge >= 0.3 is 30.1 Å². The molecule has 1 spiro atoms. The number of nitrogens with zero attached hydrogens (tertiary/aromatic N) is 4. The molecule has 1 unspecified atom stereocenters. The third kappa shape index (κ3) is 14.8. The fourth-order valence-electron chi connectivity index (χ4n) is 20.0. The molecule has 5 fully saturated rings. The number of carbonyl (C=O) groups excluding carboxylic acids is 7. The number of phenols is 2. The van der Waals surface area contributed by atoms with Crippen LogP contribution in [0, 0.1) is 18.3 Å². The number of primary amides is 1. The van der Waals surface area contributed by atoms with E-state index in [1.54, 1.807) is 18.9 Å². The van der Waals surface area contributed by atoms with Gasteiger partial charge in [0.1, 0.15) is 53.7 Å². The molecule has 1 aromatic heterocycles. The number of amides is 6. The number of H-pyrrole nitrogens is 1. The summed E-state index contributed by atoms with van der Waals surface area (Å²) in [4.78, 5) is 133. The number of piperazine rings is 1. The maximum absolute atomic E-state index is 15.6. The first-order valence-electron chi connectivity index (χ1n) is 38.6. The van der Waals surface area contributed by atoms with Crippen LogP contribution in [0.25, 0.3) is 16.5 Å². The minimum absolute atomic E-state index is 0.0297. The maximum atomic E-state index is 15.6. The summed E-state index contributed by atoms with van der Waals surface area (Å²) in [5.74, 6) is -6.74. The van der Waals surface area contributed by atoms with E-state index in [1.807, 2.05) is 67.3 Å². The molecule has 1 aliphatic carbocycles. The molecule has 9 heterocycles. The first-order valence-corrected chi connectivity index (χ1v) is 43.6. The van der Waals surface area contributed by atoms with Gasteiger partial charge in [-0.3, -0.25) is 44.0 Å². The van der Waals surface area contributed by atoms with Crippen molar-refractivity contribution in [1.82, 2.24) is 52.2 Å². The number of rotatable bonds is 32. The van der Waals surface area contributed by atoms with Crippen LogP contribution in [-0.4, -0.2) is 287 Å². The summed E-state index contributed by atoms with van der Waals surface area (Å²) in [6.07, 6.45) is 2.52. The Hall–Kier alpha value is -8.61. The second-order valence-electron chi connectivity index (χ2n) is 31.1. The molecule has 4 aromatic rings. The first kappa shape index (κ1) is 85.3. The van der Waals surface area contributed by atoms with Crippen LogP contribution in [0.1, 0.15) is 92.3 Å². The molecule has 13 rings (SSSR count). The van der Waals surface area contributed by atoms with Gasteiger partial charge in [-0.2, -0.15) is 0 Å². The monoisotopic (exact) mass is 1690 g/mol. The van der Waals surface area contributed by atoms with Crippen molar-refractivity contribution in [2.75, 3.05) is 133 Å². The molecular formula is C77H102N14O21S4. The number of benzene rings is 3. The number of hydrogen-bond donors (Lipinski definition) is 17. The molecule has 2 bridgehead atoms. The van der Waals surface area contributed by atoms with Crippen LogP contribution in [0.2, 0.25) is 0 Å². The molecule has 1 saturated carbocycles. The smallest absolute Gasteiger partial charge is 0.426 e. The molecule has 8 aliphatic heterocycles. The average molecular weight is 1690 g/mol. The number of para-hydroxylation sites is 1. The highest BCUT2D eigenvalue weighted by Crippen LogP contribution is 2.69. The Morgan fingerprint density at radius 3 is 2.31 bits per heavy atom. The number of aliphatic hydroxyl groups is 3. The summed E-state index contributed by atoms with van der Waals surface area (Å²) in [5, 5.41) is 99.4. The Morgan fingerprint density at radius 2 is 1.60 bits per heavy atom. The van der Waals surface area contributed by atoms with Crippen LogP contribution in [0.15, 0.2) is 54.8 Å². The van der Waals surface area contributed by atoms with Gasteiger partial charge in [0.25, 0.3) is 5.91 Å². The van der Waals surface area contributed by atoms with E-state index in [4.69, 9.17) is 29.4 Å². The zero-order valence-corrected chi connectivity index (χ0v) is 68.9. The van der Waals surface area contributed by atoms with E-state index < -0.39 is 136 Å². The normalized spacial score (nSPS) is 29.3. The molecule has 4 saturated heterocycles. The number of piperidine rings is 1. The lowest BCUT2D eigenvalue weighted by molar-refractivity contribution is -0.204. The maximum Gasteiger partial charge on any atom is 0.426 e. The lowest BCUT2D eigenvalue weighted by Gasteiger charge is -2.63. The minimum atomic E-state index is -2.69. The largest absolute Gasteiger partial charge is 0.505 e. The van der Waals surface area contributed by atoms with Crippen LogP contribution in [0.3, 0.4) is 0 Å². The molecule has 6 amide bonds. The Morgan fingerprint density at radius 1 is 0.862 bits per heavy atom. The number of hydrogen-bond acceptors (Lipinski definition) is 30. The summed E-state index contributed by atoms with van der Waals surface area (Å²) in [6.45, 7) is 8.11. The zero-order valence-electron chi connectivity index (χ0n) is 65.6. The predicted octanol–water partition coefficient (Wildman–Crippen LogP) is 2.18. The van der Waals surface area contributed by atoms with E-state index in [0.717, 1.165) is 44.3 Å². The molecule has 39 heteroatoms. The number of esters is 1. The van der Waals surface area contributed by atoms with E-state index in [9.17, 15) is 69.3 Å². The van der Waals surface area contributed by atoms with Crippen LogP contribution in [0.4, 0.5) is 26.7 Å². The van der Waals surface area contributed by atoms with Gasteiger partial charge in [-0.1, -0.05) is 87.4 Å². The highest BCUT2D eigenvalue weighted by Gasteiger charge is 2.79. The van der Waals surface area contributed by atoms with Gasteiger partial charge in [-0.05, 0) is 88.2 Å². The summed E-state index contributed by atoms with van der Waals surface area (Å²) in [5.41, 5.74) is 6.61. The van der Waals surface area contributed by atoms with Gasteiger partial charge in [0.05, 0.1) is 66.9 Å². The number of carbonyl (C=O) groups is 9. The SMILES string of the molecule is CC[C@]1(O)C[C@H]2CN(CCc3c([nH]c4ccccc34)[C@@](C(=O)OC)(c3cc4c(cc3OC)N(C)[C@H]3[C@@](O)(C(=O)NNC(=O)OCCSSC[C@H](NC(=O)[C@H](CNC(=O)CCSSCCNc5c(C)c(O)c6c(c5O)C(=COC(N)=O)[C@@]5(OC)[C@H]7N[C@H]7CN65)NC(=O)[C@H](CC(=O)O)NC)C(=O)O)[C@H](O)[C@]5(CC)C=CCN6CC[C@]43[C@@H]65)C2)C1. The molecular weight excluding hydrogens is 1590 g/mol. The van der Waals surface area contributed by atoms with Gasteiger partial charge in [0.2, 0.25) is 17.7 Å². The molecule has 116 heavy (non-hydrogen) atoms. The number of hydrazine groups is 1. The van der Waals surface area contributed by atoms with E-state index in [-0.39, 0.29) is 90.4 Å². The molecule has 3 aromatic carbocycles. The summed E-state index contributed by atoms with van der Waals surface area (Å²) in [6, 6.07) is 5.32. The van der Waals surface area contributed by atoms with Gasteiger partial charge in [-0.25, -0.2) is 19.8 Å². The van der Waals surface area contributed by atoms with Crippen molar-refractivity contribution in [1.29, 1.82) is 0 Å². The van der Waals surface area contributed by atoms with E-state index in [2.05, 4.69) is 57.5 Å². The van der Waals surface area contributed by atoms with Crippen LogP contribution >= 0.6 is 43.2 Å². The summed E-state index contributed by atoms with van der Waals surface area (Å²) in [7, 11) is 12.2. The molecule has 9 aliphatic rings. The van der Waals surface area contributed by atoms with Crippen LogP contribution in [-0.2, 0) is 69.8 Å². The number of nitrogens with two attached hydrogens (primary N) is 1. The number of aliphatic hydroxyl groups excluding tert-OH is 1. The number of anilines is 3. The van der Waals surface area contributed by atoms with Crippen molar-refractivity contribution in [2.45, 2.75) is 148 Å². The Balaban J connectivity index is 0.629. The summed E-state index contributed by atoms with van der Waals surface area (Å²) >= 11 is 0. The number of aromatic nitrogens is 1. The Bertz CT molecular complexity index is 4600. The number of methoxy groups -OCH3 is 3. The number of carboxylic acid groups (broad SMARTS) is 2. The molecule has 35 nitrogen and oxygen atoms in total. The third-order valence-electron chi connectivity index (χ3n) is 25.1. The number of ether oxygens (including phenoxy) is 5. The number of fused-ring (bicyclic) bond motifs is 11. The second kappa shape index (κ2) is 34.0. The van der Waals surface area contributed by atoms with Crippen LogP contribution < -0.4 is 63.0 Å². The number of nitrogens with one attached hydrogen (secondary N) is 9. The Kier molecular flexibility index (Phi) is 25.0. The first-order chi connectivity index (χ1) is 55.4. The lowest BCUT2D eigenvalue weighted by atomic mass is 9.47. The van der Waals surface area contributed by atoms with Crippen molar-refractivity contribution in [3.05, 3.63) is 88.3 Å². The standard InChI is InChI=1S/C77H102N14O21S4/c1-9-72(106)31-40-32-75(69(103)109-7,60-42(16-22-89(34-40)38-72)41-14-11-12-15-46(41)82-60)44-28-43-51(30-52(44)108-6)88(5)66-74(43)19-23-90-21-13-18-73(10-2,65(74)90)67(101)76(66,107)68(102)86-87-71(105)111-24-27-115-116-37-50(64(99)100)85-63(98)48(84-62(97)47(79-4)29-54(93)94)33-81-53(92)17-25-113-114-26-20-80-56-39(3)58(95)57-55(59(56)96)45(36-112-70(78)104)77(110-8)61-49(83-61)35-91(57)77/h11-15,18,28,30,36,40,47-50,61,65-67,79-80,82-83,95-96,101,106-107H,9-10,16-17,19-27,29,31-35,37-38H2,1-8H3,(H2,78,104)(H,81,92)(H,84,97)(H,85,98)(H,86,102)(H,87,105)(H,93,94)(H,99,100)/t40-,47+,48+,49+,50+,61+,65+,66-,67-,72+,73-,74-,75+,76+,77-/m1/s1. The number of aromatic hydroxyl groups is 2. The number of phenolic OH excluding ortho intramolecular Hbond substituents is 2. The van der Waals surface area contributed by atoms with Crippen molar-refractivity contribution < 1.29 is 103 Å². The van der Waals surface area contributed by atoms with E-state index in [0.29, 0.717) is 116 Å². The van der Waals surface area contributed by atoms with Gasteiger partial charge in [0.15, 0.2) is 11.3 Å². The zero-order chi connectivity index (χ0) is 83.3. The van der Waals surface area contributed by atoms with Gasteiger partial charge < -0.3 is 112 Å². The molecule has 630 valence electrons. The van der Waals surface area contributed by atoms with Gasteiger partial charge in [0, 0.05) is 152 Å². The van der Waals surface area contributed by atoms with Crippen molar-refractivity contribution >= 4 is 130 Å². The number of aromatic amines is 1. The quantitative estimate of drug-likeness (QED) is 0.00318. The molecule has 18 N–H and O–H groups in total. The number of aliphatic carboxylic acids is 2. The number of carboxylic acids is 2. The van der Waals surface area contributed by atoms with Crippen molar-refractivity contribution in [2.24, 2.45) is 17.1 Å². The predicted molar refractivity (Wildman–Crippen MR) is 435 cm³/mol. The second-order valence-corrected chi connectivity index (χ2v) is 36.5. The van der Waals surface area contributed by atoms with Crippen molar-refractivity contribution in [3.63, 3.8) is 0 Å².